The standard InChI is InChI=1S/C21H22O5S/c1-22-15-7-6-13(10-16(15)23-2)19-8-9-20(27-19)14-11-17(24-3)21(26-5)18(12-14)25-4/h6-12H,1-5H3. The van der Waals surface area contributed by atoms with Gasteiger partial charge in [0, 0.05) is 9.75 Å². The van der Waals surface area contributed by atoms with Gasteiger partial charge in [0.2, 0.25) is 5.75 Å². The Balaban J connectivity index is 2.01. The summed E-state index contributed by atoms with van der Waals surface area (Å²) in [7, 11) is 8.10. The van der Waals surface area contributed by atoms with Gasteiger partial charge in [0.25, 0.3) is 0 Å². The number of hydrogen-bond acceptors (Lipinski definition) is 6. The fourth-order valence-corrected chi connectivity index (χ4v) is 3.85. The molecule has 0 aliphatic carbocycles. The van der Waals surface area contributed by atoms with Gasteiger partial charge in [0.1, 0.15) is 0 Å². The number of rotatable bonds is 7. The highest BCUT2D eigenvalue weighted by molar-refractivity contribution is 7.18. The minimum absolute atomic E-state index is 0.584. The Morgan fingerprint density at radius 3 is 1.56 bits per heavy atom. The molecule has 0 saturated heterocycles. The lowest BCUT2D eigenvalue weighted by Gasteiger charge is -2.13. The minimum Gasteiger partial charge on any atom is -0.493 e. The molecule has 0 unspecified atom stereocenters. The zero-order valence-electron chi connectivity index (χ0n) is 16.0. The maximum absolute atomic E-state index is 5.46. The van der Waals surface area contributed by atoms with E-state index in [0.717, 1.165) is 20.9 Å². The second kappa shape index (κ2) is 8.22. The summed E-state index contributed by atoms with van der Waals surface area (Å²) in [5.74, 6) is 3.27. The van der Waals surface area contributed by atoms with Crippen LogP contribution in [0, 0.1) is 0 Å². The van der Waals surface area contributed by atoms with Crippen molar-refractivity contribution in [3.05, 3.63) is 42.5 Å². The predicted octanol–water partition coefficient (Wildman–Crippen LogP) is 5.13. The van der Waals surface area contributed by atoms with Crippen molar-refractivity contribution in [2.75, 3.05) is 35.5 Å². The van der Waals surface area contributed by atoms with E-state index in [-0.39, 0.29) is 0 Å². The second-order valence-electron chi connectivity index (χ2n) is 5.65. The first-order chi connectivity index (χ1) is 13.1. The molecule has 142 valence electrons. The van der Waals surface area contributed by atoms with Crippen molar-refractivity contribution in [3.8, 4) is 49.6 Å². The van der Waals surface area contributed by atoms with E-state index >= 15 is 0 Å². The van der Waals surface area contributed by atoms with Gasteiger partial charge >= 0.3 is 0 Å². The molecule has 0 spiro atoms. The Labute approximate surface area is 163 Å². The number of benzene rings is 2. The summed E-state index contributed by atoms with van der Waals surface area (Å²) >= 11 is 1.68. The molecular formula is C21H22O5S. The molecule has 1 aromatic heterocycles. The molecule has 6 heteroatoms. The molecule has 0 radical (unpaired) electrons. The molecule has 0 N–H and O–H groups in total. The van der Waals surface area contributed by atoms with Crippen LogP contribution in [-0.2, 0) is 0 Å². The van der Waals surface area contributed by atoms with Crippen molar-refractivity contribution < 1.29 is 23.7 Å². The van der Waals surface area contributed by atoms with Gasteiger partial charge in [-0.05, 0) is 53.6 Å². The van der Waals surface area contributed by atoms with E-state index in [0.29, 0.717) is 28.7 Å². The summed E-state index contributed by atoms with van der Waals surface area (Å²) in [5, 5.41) is 0. The summed E-state index contributed by atoms with van der Waals surface area (Å²) in [5.41, 5.74) is 2.07. The Morgan fingerprint density at radius 2 is 1.04 bits per heavy atom. The first kappa shape index (κ1) is 18.9. The average molecular weight is 386 g/mol. The predicted molar refractivity (Wildman–Crippen MR) is 108 cm³/mol. The summed E-state index contributed by atoms with van der Waals surface area (Å²) in [6, 6.07) is 14.0. The molecule has 2 aromatic carbocycles. The van der Waals surface area contributed by atoms with E-state index in [1.165, 1.54) is 0 Å². The van der Waals surface area contributed by atoms with Crippen molar-refractivity contribution in [1.82, 2.24) is 0 Å². The average Bonchev–Trinajstić information content (AvgIpc) is 3.22. The number of hydrogen-bond donors (Lipinski definition) is 0. The highest BCUT2D eigenvalue weighted by Gasteiger charge is 2.16. The maximum atomic E-state index is 5.46. The zero-order valence-corrected chi connectivity index (χ0v) is 16.8. The molecule has 0 aliphatic rings. The Kier molecular flexibility index (Phi) is 5.76. The second-order valence-corrected chi connectivity index (χ2v) is 6.73. The van der Waals surface area contributed by atoms with Gasteiger partial charge in [-0.25, -0.2) is 0 Å². The molecule has 1 heterocycles. The zero-order chi connectivity index (χ0) is 19.4. The van der Waals surface area contributed by atoms with E-state index in [1.54, 1.807) is 46.9 Å². The van der Waals surface area contributed by atoms with Gasteiger partial charge < -0.3 is 23.7 Å². The van der Waals surface area contributed by atoms with Gasteiger partial charge in [-0.1, -0.05) is 0 Å². The van der Waals surface area contributed by atoms with E-state index in [1.807, 2.05) is 30.3 Å². The van der Waals surface area contributed by atoms with Crippen LogP contribution in [0.15, 0.2) is 42.5 Å². The molecule has 0 fully saturated rings. The van der Waals surface area contributed by atoms with Gasteiger partial charge in [-0.15, -0.1) is 11.3 Å². The fourth-order valence-electron chi connectivity index (χ4n) is 2.86. The van der Waals surface area contributed by atoms with E-state index in [9.17, 15) is 0 Å². The molecule has 3 aromatic rings. The number of thiophene rings is 1. The highest BCUT2D eigenvalue weighted by Crippen LogP contribution is 2.44. The fraction of sp³-hybridized carbons (Fsp3) is 0.238. The van der Waals surface area contributed by atoms with Crippen molar-refractivity contribution in [3.63, 3.8) is 0 Å². The molecule has 5 nitrogen and oxygen atoms in total. The normalized spacial score (nSPS) is 10.4. The summed E-state index contributed by atoms with van der Waals surface area (Å²) in [6.45, 7) is 0. The maximum Gasteiger partial charge on any atom is 0.203 e. The monoisotopic (exact) mass is 386 g/mol. The molecule has 0 bridgehead atoms. The largest absolute Gasteiger partial charge is 0.493 e. The van der Waals surface area contributed by atoms with Crippen LogP contribution in [0.2, 0.25) is 0 Å². The van der Waals surface area contributed by atoms with Crippen LogP contribution >= 0.6 is 11.3 Å². The van der Waals surface area contributed by atoms with Crippen LogP contribution in [0.25, 0.3) is 20.9 Å². The topological polar surface area (TPSA) is 46.2 Å². The van der Waals surface area contributed by atoms with E-state index in [2.05, 4.69) is 12.1 Å². The molecule has 0 saturated carbocycles. The van der Waals surface area contributed by atoms with Crippen molar-refractivity contribution in [1.29, 1.82) is 0 Å². The van der Waals surface area contributed by atoms with Crippen LogP contribution in [0.3, 0.4) is 0 Å². The first-order valence-corrected chi connectivity index (χ1v) is 9.09. The molecule has 0 aliphatic heterocycles. The Hall–Kier alpha value is -2.86. The molecule has 0 amide bonds. The smallest absolute Gasteiger partial charge is 0.203 e. The highest BCUT2D eigenvalue weighted by atomic mass is 32.1. The molecule has 0 atom stereocenters. The van der Waals surface area contributed by atoms with Crippen molar-refractivity contribution in [2.24, 2.45) is 0 Å². The quantitative estimate of drug-likeness (QED) is 0.564. The van der Waals surface area contributed by atoms with Crippen LogP contribution in [-0.4, -0.2) is 35.5 Å². The Bertz CT molecular complexity index is 907. The molecule has 3 rings (SSSR count). The number of methoxy groups -OCH3 is 5. The van der Waals surface area contributed by atoms with Gasteiger partial charge in [0.15, 0.2) is 23.0 Å². The summed E-state index contributed by atoms with van der Waals surface area (Å²) < 4.78 is 27.0. The third-order valence-corrected chi connectivity index (χ3v) is 5.41. The van der Waals surface area contributed by atoms with Crippen LogP contribution in [0.4, 0.5) is 0 Å². The van der Waals surface area contributed by atoms with Crippen LogP contribution in [0.1, 0.15) is 0 Å². The number of ether oxygens (including phenoxy) is 5. The lowest BCUT2D eigenvalue weighted by molar-refractivity contribution is 0.324. The first-order valence-electron chi connectivity index (χ1n) is 8.27. The van der Waals surface area contributed by atoms with Crippen LogP contribution < -0.4 is 23.7 Å². The van der Waals surface area contributed by atoms with Gasteiger partial charge in [-0.2, -0.15) is 0 Å². The summed E-state index contributed by atoms with van der Waals surface area (Å²) in [4.78, 5) is 2.22. The SMILES string of the molecule is COc1ccc(-c2ccc(-c3cc(OC)c(OC)c(OC)c3)s2)cc1OC. The van der Waals surface area contributed by atoms with Gasteiger partial charge in [0.05, 0.1) is 35.5 Å². The molecular weight excluding hydrogens is 364 g/mol. The van der Waals surface area contributed by atoms with E-state index in [4.69, 9.17) is 23.7 Å². The third kappa shape index (κ3) is 3.66. The Morgan fingerprint density at radius 1 is 0.519 bits per heavy atom. The van der Waals surface area contributed by atoms with Crippen molar-refractivity contribution in [2.45, 2.75) is 0 Å². The van der Waals surface area contributed by atoms with Crippen LogP contribution in [0.5, 0.6) is 28.7 Å². The third-order valence-electron chi connectivity index (χ3n) is 4.22. The van der Waals surface area contributed by atoms with Gasteiger partial charge in [-0.3, -0.25) is 0 Å². The van der Waals surface area contributed by atoms with Crippen molar-refractivity contribution >= 4 is 11.3 Å². The summed E-state index contributed by atoms with van der Waals surface area (Å²) in [6.07, 6.45) is 0. The van der Waals surface area contributed by atoms with E-state index < -0.39 is 0 Å². The lowest BCUT2D eigenvalue weighted by atomic mass is 10.1. The lowest BCUT2D eigenvalue weighted by Crippen LogP contribution is -1.95. The molecule has 27 heavy (non-hydrogen) atoms. The minimum atomic E-state index is 0.584.